The van der Waals surface area contributed by atoms with Gasteiger partial charge in [0.1, 0.15) is 18.1 Å². The van der Waals surface area contributed by atoms with Crippen molar-refractivity contribution in [3.8, 4) is 11.5 Å². The second-order valence-electron chi connectivity index (χ2n) is 3.94. The summed E-state index contributed by atoms with van der Waals surface area (Å²) >= 11 is 6.82. The second kappa shape index (κ2) is 6.30. The predicted octanol–water partition coefficient (Wildman–Crippen LogP) is 4.38. The van der Waals surface area contributed by atoms with Crippen molar-refractivity contribution in [1.29, 1.82) is 0 Å². The van der Waals surface area contributed by atoms with E-state index in [1.165, 1.54) is 0 Å². The van der Waals surface area contributed by atoms with Gasteiger partial charge in [-0.1, -0.05) is 6.07 Å². The molecule has 0 aliphatic heterocycles. The second-order valence-corrected chi connectivity index (χ2v) is 5.65. The van der Waals surface area contributed by atoms with Crippen molar-refractivity contribution >= 4 is 37.5 Å². The van der Waals surface area contributed by atoms with Gasteiger partial charge < -0.3 is 15.2 Å². The van der Waals surface area contributed by atoms with Crippen LogP contribution < -0.4 is 15.2 Å². The lowest BCUT2D eigenvalue weighted by Gasteiger charge is -2.10. The largest absolute Gasteiger partial charge is 0.497 e. The van der Waals surface area contributed by atoms with Gasteiger partial charge >= 0.3 is 0 Å². The Balaban J connectivity index is 2.07. The normalized spacial score (nSPS) is 10.3. The fraction of sp³-hybridized carbons (Fsp3) is 0.143. The highest BCUT2D eigenvalue weighted by molar-refractivity contribution is 9.11. The fourth-order valence-corrected chi connectivity index (χ4v) is 2.29. The minimum absolute atomic E-state index is 0.461. The molecule has 0 unspecified atom stereocenters. The van der Waals surface area contributed by atoms with E-state index < -0.39 is 0 Å². The molecule has 5 heteroatoms. The van der Waals surface area contributed by atoms with E-state index in [2.05, 4.69) is 31.9 Å². The third-order valence-corrected chi connectivity index (χ3v) is 3.94. The Hall–Kier alpha value is -1.20. The molecule has 3 nitrogen and oxygen atoms in total. The molecule has 2 aromatic carbocycles. The van der Waals surface area contributed by atoms with E-state index in [4.69, 9.17) is 15.2 Å². The Labute approximate surface area is 129 Å². The number of methoxy groups -OCH3 is 1. The zero-order chi connectivity index (χ0) is 13.8. The summed E-state index contributed by atoms with van der Waals surface area (Å²) in [7, 11) is 1.63. The van der Waals surface area contributed by atoms with Crippen LogP contribution in [0.1, 0.15) is 5.56 Å². The number of hydrogen-bond acceptors (Lipinski definition) is 3. The standard InChI is InChI=1S/C14H13Br2NO2/c1-18-10-3-5-14(12(16)7-10)19-8-9-2-4-11(15)13(17)6-9/h2-7H,8,17H2,1H3. The molecule has 0 aliphatic rings. The molecule has 0 fully saturated rings. The minimum atomic E-state index is 0.461. The zero-order valence-electron chi connectivity index (χ0n) is 10.3. The van der Waals surface area contributed by atoms with Gasteiger partial charge in [0.2, 0.25) is 0 Å². The maximum Gasteiger partial charge on any atom is 0.134 e. The van der Waals surface area contributed by atoms with Gasteiger partial charge in [0.05, 0.1) is 11.6 Å². The van der Waals surface area contributed by atoms with E-state index >= 15 is 0 Å². The lowest BCUT2D eigenvalue weighted by atomic mass is 10.2. The highest BCUT2D eigenvalue weighted by Gasteiger charge is 2.04. The smallest absolute Gasteiger partial charge is 0.134 e. The van der Waals surface area contributed by atoms with E-state index in [-0.39, 0.29) is 0 Å². The summed E-state index contributed by atoms with van der Waals surface area (Å²) in [5.74, 6) is 1.55. The zero-order valence-corrected chi connectivity index (χ0v) is 13.5. The summed E-state index contributed by atoms with van der Waals surface area (Å²) in [4.78, 5) is 0. The molecule has 0 radical (unpaired) electrons. The molecule has 100 valence electrons. The van der Waals surface area contributed by atoms with Gasteiger partial charge in [-0.25, -0.2) is 0 Å². The summed E-state index contributed by atoms with van der Waals surface area (Å²) < 4.78 is 12.6. The van der Waals surface area contributed by atoms with Crippen LogP contribution in [0.15, 0.2) is 45.3 Å². The minimum Gasteiger partial charge on any atom is -0.497 e. The lowest BCUT2D eigenvalue weighted by molar-refractivity contribution is 0.303. The maximum absolute atomic E-state index is 5.83. The molecule has 0 heterocycles. The van der Waals surface area contributed by atoms with Crippen LogP contribution in [0.3, 0.4) is 0 Å². The van der Waals surface area contributed by atoms with Crippen LogP contribution in [-0.2, 0) is 6.61 Å². The van der Waals surface area contributed by atoms with Gasteiger partial charge in [-0.15, -0.1) is 0 Å². The molecule has 0 amide bonds. The maximum atomic E-state index is 5.83. The number of benzene rings is 2. The molecular formula is C14H13Br2NO2. The molecule has 2 rings (SSSR count). The number of anilines is 1. The molecule has 0 atom stereocenters. The van der Waals surface area contributed by atoms with Gasteiger partial charge in [0.15, 0.2) is 0 Å². The fourth-order valence-electron chi connectivity index (χ4n) is 1.57. The van der Waals surface area contributed by atoms with E-state index in [1.54, 1.807) is 7.11 Å². The van der Waals surface area contributed by atoms with Crippen molar-refractivity contribution in [2.75, 3.05) is 12.8 Å². The first-order chi connectivity index (χ1) is 9.10. The lowest BCUT2D eigenvalue weighted by Crippen LogP contribution is -1.98. The van der Waals surface area contributed by atoms with Crippen molar-refractivity contribution < 1.29 is 9.47 Å². The van der Waals surface area contributed by atoms with Crippen molar-refractivity contribution in [1.82, 2.24) is 0 Å². The molecule has 0 saturated heterocycles. The highest BCUT2D eigenvalue weighted by Crippen LogP contribution is 2.30. The summed E-state index contributed by atoms with van der Waals surface area (Å²) in [5.41, 5.74) is 7.55. The van der Waals surface area contributed by atoms with E-state index in [1.807, 2.05) is 36.4 Å². The molecule has 19 heavy (non-hydrogen) atoms. The number of hydrogen-bond donors (Lipinski definition) is 1. The van der Waals surface area contributed by atoms with Crippen molar-refractivity contribution in [2.45, 2.75) is 6.61 Å². The topological polar surface area (TPSA) is 44.5 Å². The number of halogens is 2. The van der Waals surface area contributed by atoms with Gasteiger partial charge in [-0.2, -0.15) is 0 Å². The van der Waals surface area contributed by atoms with Crippen LogP contribution in [0.25, 0.3) is 0 Å². The number of ether oxygens (including phenoxy) is 2. The Bertz CT molecular complexity index is 588. The Morgan fingerprint density at radius 1 is 1.05 bits per heavy atom. The molecule has 0 bridgehead atoms. The quantitative estimate of drug-likeness (QED) is 0.793. The molecular weight excluding hydrogens is 374 g/mol. The Kier molecular flexibility index (Phi) is 4.71. The summed E-state index contributed by atoms with van der Waals surface area (Å²) in [5, 5.41) is 0. The van der Waals surface area contributed by atoms with Gasteiger partial charge in [-0.05, 0) is 67.8 Å². The summed E-state index contributed by atoms with van der Waals surface area (Å²) in [6, 6.07) is 11.4. The average molecular weight is 387 g/mol. The number of nitrogens with two attached hydrogens (primary N) is 1. The van der Waals surface area contributed by atoms with Crippen LogP contribution >= 0.6 is 31.9 Å². The average Bonchev–Trinajstić information content (AvgIpc) is 2.41. The SMILES string of the molecule is COc1ccc(OCc2ccc(Br)c(N)c2)c(Br)c1. The molecule has 0 aromatic heterocycles. The van der Waals surface area contributed by atoms with Crippen molar-refractivity contribution in [3.63, 3.8) is 0 Å². The first-order valence-electron chi connectivity index (χ1n) is 5.60. The monoisotopic (exact) mass is 385 g/mol. The van der Waals surface area contributed by atoms with Gasteiger partial charge in [0.25, 0.3) is 0 Å². The Morgan fingerprint density at radius 2 is 1.84 bits per heavy atom. The summed E-state index contributed by atoms with van der Waals surface area (Å²) in [6.45, 7) is 0.461. The third kappa shape index (κ3) is 3.64. The van der Waals surface area contributed by atoms with E-state index in [9.17, 15) is 0 Å². The van der Waals surface area contributed by atoms with Crippen LogP contribution in [0, 0.1) is 0 Å². The molecule has 2 N–H and O–H groups in total. The van der Waals surface area contributed by atoms with Crippen molar-refractivity contribution in [3.05, 3.63) is 50.9 Å². The number of rotatable bonds is 4. The third-order valence-electron chi connectivity index (χ3n) is 2.59. The molecule has 2 aromatic rings. The van der Waals surface area contributed by atoms with Crippen LogP contribution in [-0.4, -0.2) is 7.11 Å². The van der Waals surface area contributed by atoms with Gasteiger partial charge in [0, 0.05) is 10.2 Å². The van der Waals surface area contributed by atoms with Crippen molar-refractivity contribution in [2.24, 2.45) is 0 Å². The van der Waals surface area contributed by atoms with E-state index in [0.717, 1.165) is 26.0 Å². The number of nitrogen functional groups attached to an aromatic ring is 1. The van der Waals surface area contributed by atoms with Gasteiger partial charge in [-0.3, -0.25) is 0 Å². The highest BCUT2D eigenvalue weighted by atomic mass is 79.9. The Morgan fingerprint density at radius 3 is 2.47 bits per heavy atom. The predicted molar refractivity (Wildman–Crippen MR) is 83.6 cm³/mol. The molecule has 0 aliphatic carbocycles. The van der Waals surface area contributed by atoms with Crippen LogP contribution in [0.5, 0.6) is 11.5 Å². The van der Waals surface area contributed by atoms with Crippen LogP contribution in [0.4, 0.5) is 5.69 Å². The first-order valence-corrected chi connectivity index (χ1v) is 7.19. The van der Waals surface area contributed by atoms with E-state index in [0.29, 0.717) is 12.3 Å². The molecule has 0 saturated carbocycles. The summed E-state index contributed by atoms with van der Waals surface area (Å²) in [6.07, 6.45) is 0. The molecule has 0 spiro atoms. The first kappa shape index (κ1) is 14.2. The van der Waals surface area contributed by atoms with Crippen LogP contribution in [0.2, 0.25) is 0 Å².